The number of carboxylic acids is 1. The number of aromatic carboxylic acids is 1. The van der Waals surface area contributed by atoms with Crippen molar-refractivity contribution in [3.8, 4) is 0 Å². The SMILES string of the molecule is CC(O)CN(C(=O)NCc1ccc(C(=O)O)cc1)C(C)CO. The van der Waals surface area contributed by atoms with Gasteiger partial charge in [0, 0.05) is 13.1 Å². The van der Waals surface area contributed by atoms with Crippen molar-refractivity contribution in [3.63, 3.8) is 0 Å². The second-order valence-corrected chi connectivity index (χ2v) is 5.19. The van der Waals surface area contributed by atoms with Crippen LogP contribution in [0.1, 0.15) is 29.8 Å². The van der Waals surface area contributed by atoms with Crippen LogP contribution in [-0.4, -0.2) is 57.5 Å². The van der Waals surface area contributed by atoms with Gasteiger partial charge < -0.3 is 25.5 Å². The number of nitrogens with one attached hydrogen (secondary N) is 1. The summed E-state index contributed by atoms with van der Waals surface area (Å²) in [6.07, 6.45) is -0.699. The van der Waals surface area contributed by atoms with Gasteiger partial charge in [0.2, 0.25) is 0 Å². The molecule has 0 fully saturated rings. The number of amides is 2. The molecule has 2 amide bonds. The average molecular weight is 310 g/mol. The number of urea groups is 1. The van der Waals surface area contributed by atoms with Crippen molar-refractivity contribution in [2.45, 2.75) is 32.5 Å². The molecule has 0 aliphatic heterocycles. The molecule has 0 aliphatic rings. The third-order valence-corrected chi connectivity index (χ3v) is 3.16. The van der Waals surface area contributed by atoms with Crippen LogP contribution in [0.15, 0.2) is 24.3 Å². The topological polar surface area (TPSA) is 110 Å². The summed E-state index contributed by atoms with van der Waals surface area (Å²) in [6, 6.07) is 5.37. The van der Waals surface area contributed by atoms with Gasteiger partial charge in [0.05, 0.1) is 24.3 Å². The lowest BCUT2D eigenvalue weighted by Gasteiger charge is -2.29. The van der Waals surface area contributed by atoms with E-state index in [0.29, 0.717) is 0 Å². The largest absolute Gasteiger partial charge is 0.478 e. The first kappa shape index (κ1) is 17.9. The Morgan fingerprint density at radius 1 is 1.23 bits per heavy atom. The van der Waals surface area contributed by atoms with Crippen LogP contribution in [0.25, 0.3) is 0 Å². The van der Waals surface area contributed by atoms with Crippen LogP contribution in [-0.2, 0) is 6.54 Å². The average Bonchev–Trinajstić information content (AvgIpc) is 2.49. The molecule has 2 atom stereocenters. The molecule has 0 aliphatic carbocycles. The minimum Gasteiger partial charge on any atom is -0.478 e. The molecule has 0 radical (unpaired) electrons. The lowest BCUT2D eigenvalue weighted by Crippen LogP contribution is -2.49. The second kappa shape index (κ2) is 8.35. The van der Waals surface area contributed by atoms with Gasteiger partial charge in [0.25, 0.3) is 0 Å². The Labute approximate surface area is 129 Å². The van der Waals surface area contributed by atoms with E-state index in [2.05, 4.69) is 5.32 Å². The Bertz CT molecular complexity index is 501. The Morgan fingerprint density at radius 3 is 2.27 bits per heavy atom. The highest BCUT2D eigenvalue weighted by Crippen LogP contribution is 2.06. The zero-order valence-electron chi connectivity index (χ0n) is 12.7. The molecule has 0 bridgehead atoms. The van der Waals surface area contributed by atoms with Crippen molar-refractivity contribution in [2.75, 3.05) is 13.2 Å². The van der Waals surface area contributed by atoms with E-state index >= 15 is 0 Å². The third kappa shape index (κ3) is 5.34. The molecule has 2 unspecified atom stereocenters. The third-order valence-electron chi connectivity index (χ3n) is 3.16. The number of hydrogen-bond acceptors (Lipinski definition) is 4. The molecule has 122 valence electrons. The number of rotatable bonds is 7. The molecule has 0 saturated heterocycles. The molecule has 7 heteroatoms. The van der Waals surface area contributed by atoms with Gasteiger partial charge in [-0.1, -0.05) is 12.1 Å². The van der Waals surface area contributed by atoms with Crippen LogP contribution in [0, 0.1) is 0 Å². The quantitative estimate of drug-likeness (QED) is 0.591. The molecule has 1 aromatic rings. The van der Waals surface area contributed by atoms with Crippen LogP contribution in [0.4, 0.5) is 4.79 Å². The summed E-state index contributed by atoms with van der Waals surface area (Å²) < 4.78 is 0. The van der Waals surface area contributed by atoms with Gasteiger partial charge in [-0.25, -0.2) is 9.59 Å². The molecular formula is C15H22N2O5. The van der Waals surface area contributed by atoms with Crippen LogP contribution < -0.4 is 5.32 Å². The normalized spacial score (nSPS) is 13.3. The van der Waals surface area contributed by atoms with Gasteiger partial charge in [0.1, 0.15) is 0 Å². The molecule has 1 rings (SSSR count). The minimum atomic E-state index is -1.00. The highest BCUT2D eigenvalue weighted by molar-refractivity contribution is 5.87. The second-order valence-electron chi connectivity index (χ2n) is 5.19. The van der Waals surface area contributed by atoms with Crippen LogP contribution in [0.2, 0.25) is 0 Å². The van der Waals surface area contributed by atoms with E-state index in [9.17, 15) is 19.8 Å². The first-order chi connectivity index (χ1) is 10.3. The van der Waals surface area contributed by atoms with Gasteiger partial charge in [0.15, 0.2) is 0 Å². The summed E-state index contributed by atoms with van der Waals surface area (Å²) >= 11 is 0. The van der Waals surface area contributed by atoms with E-state index in [-0.39, 0.29) is 25.3 Å². The summed E-state index contributed by atoms with van der Waals surface area (Å²) in [6.45, 7) is 3.39. The van der Waals surface area contributed by atoms with E-state index in [1.165, 1.54) is 17.0 Å². The standard InChI is InChI=1S/C15H22N2O5/c1-10(9-18)17(8-11(2)19)15(22)16-7-12-3-5-13(6-4-12)14(20)21/h3-6,10-11,18-19H,7-9H2,1-2H3,(H,16,22)(H,20,21). The lowest BCUT2D eigenvalue weighted by molar-refractivity contribution is 0.0697. The maximum Gasteiger partial charge on any atom is 0.335 e. The number of carbonyl (C=O) groups is 2. The molecule has 0 aromatic heterocycles. The zero-order valence-corrected chi connectivity index (χ0v) is 12.7. The van der Waals surface area contributed by atoms with Gasteiger partial charge in [-0.2, -0.15) is 0 Å². The predicted octanol–water partition coefficient (Wildman–Crippen LogP) is 0.658. The molecule has 7 nitrogen and oxygen atoms in total. The molecule has 1 aromatic carbocycles. The highest BCUT2D eigenvalue weighted by atomic mass is 16.4. The van der Waals surface area contributed by atoms with Gasteiger partial charge in [-0.05, 0) is 31.5 Å². The minimum absolute atomic E-state index is 0.117. The van der Waals surface area contributed by atoms with Crippen LogP contribution in [0.5, 0.6) is 0 Å². The summed E-state index contributed by atoms with van der Waals surface area (Å²) in [5.41, 5.74) is 0.937. The van der Waals surface area contributed by atoms with Gasteiger partial charge >= 0.3 is 12.0 Å². The Hall–Kier alpha value is -2.12. The zero-order chi connectivity index (χ0) is 16.7. The summed E-state index contributed by atoms with van der Waals surface area (Å²) in [7, 11) is 0. The van der Waals surface area contributed by atoms with E-state index in [0.717, 1.165) is 5.56 Å². The van der Waals surface area contributed by atoms with E-state index in [1.54, 1.807) is 26.0 Å². The Kier molecular flexibility index (Phi) is 6.81. The number of hydrogen-bond donors (Lipinski definition) is 4. The summed E-state index contributed by atoms with van der Waals surface area (Å²) in [4.78, 5) is 24.2. The van der Waals surface area contributed by atoms with E-state index < -0.39 is 24.1 Å². The predicted molar refractivity (Wildman–Crippen MR) is 80.6 cm³/mol. The fraction of sp³-hybridized carbons (Fsp3) is 0.467. The first-order valence-electron chi connectivity index (χ1n) is 7.00. The summed E-state index contributed by atoms with van der Waals surface area (Å²) in [5, 5.41) is 30.1. The fourth-order valence-electron chi connectivity index (χ4n) is 1.89. The highest BCUT2D eigenvalue weighted by Gasteiger charge is 2.20. The van der Waals surface area contributed by atoms with Crippen molar-refractivity contribution < 1.29 is 24.9 Å². The Morgan fingerprint density at radius 2 is 1.82 bits per heavy atom. The lowest BCUT2D eigenvalue weighted by atomic mass is 10.1. The molecular weight excluding hydrogens is 288 g/mol. The van der Waals surface area contributed by atoms with Crippen molar-refractivity contribution in [1.29, 1.82) is 0 Å². The monoisotopic (exact) mass is 310 g/mol. The van der Waals surface area contributed by atoms with Crippen LogP contribution in [0.3, 0.4) is 0 Å². The number of nitrogens with zero attached hydrogens (tertiary/aromatic N) is 1. The smallest absolute Gasteiger partial charge is 0.335 e. The summed E-state index contributed by atoms with van der Waals surface area (Å²) in [5.74, 6) is -1.00. The number of aliphatic hydroxyl groups excluding tert-OH is 2. The van der Waals surface area contributed by atoms with Gasteiger partial charge in [-0.15, -0.1) is 0 Å². The van der Waals surface area contributed by atoms with Crippen molar-refractivity contribution in [3.05, 3.63) is 35.4 Å². The van der Waals surface area contributed by atoms with E-state index in [1.807, 2.05) is 0 Å². The Balaban J connectivity index is 2.63. The fourth-order valence-corrected chi connectivity index (χ4v) is 1.89. The van der Waals surface area contributed by atoms with Crippen molar-refractivity contribution in [2.24, 2.45) is 0 Å². The molecule has 0 saturated carbocycles. The number of aliphatic hydroxyl groups is 2. The first-order valence-corrected chi connectivity index (χ1v) is 7.00. The maximum atomic E-state index is 12.1. The van der Waals surface area contributed by atoms with Crippen LogP contribution >= 0.6 is 0 Å². The number of carboxylic acid groups (broad SMARTS) is 1. The molecule has 0 spiro atoms. The molecule has 4 N–H and O–H groups in total. The van der Waals surface area contributed by atoms with Gasteiger partial charge in [-0.3, -0.25) is 0 Å². The van der Waals surface area contributed by atoms with E-state index in [4.69, 9.17) is 5.11 Å². The van der Waals surface area contributed by atoms with Crippen molar-refractivity contribution in [1.82, 2.24) is 10.2 Å². The molecule has 22 heavy (non-hydrogen) atoms. The number of carbonyl (C=O) groups excluding carboxylic acids is 1. The molecule has 0 heterocycles. The maximum absolute atomic E-state index is 12.1. The van der Waals surface area contributed by atoms with Crippen molar-refractivity contribution >= 4 is 12.0 Å². The number of benzene rings is 1.